The molecule has 0 saturated carbocycles. The number of rotatable bonds is 3. The highest BCUT2D eigenvalue weighted by Gasteiger charge is 2.35. The molecule has 0 aromatic heterocycles. The molecule has 2 rings (SSSR count). The number of carboxylic acid groups (broad SMARTS) is 1. The van der Waals surface area contributed by atoms with Crippen molar-refractivity contribution in [2.45, 2.75) is 19.9 Å². The van der Waals surface area contributed by atoms with Gasteiger partial charge in [-0.25, -0.2) is 4.79 Å². The van der Waals surface area contributed by atoms with E-state index < -0.39 is 12.0 Å². The molecule has 1 aromatic carbocycles. The molecule has 0 spiro atoms. The largest absolute Gasteiger partial charge is 0.478 e. The Balaban J connectivity index is 2.24. The average Bonchev–Trinajstić information content (AvgIpc) is 2.46. The molecule has 1 aliphatic rings. The van der Waals surface area contributed by atoms with Crippen LogP contribution in [0.1, 0.15) is 34.6 Å². The van der Waals surface area contributed by atoms with E-state index in [1.807, 2.05) is 13.8 Å². The van der Waals surface area contributed by atoms with Gasteiger partial charge in [0.2, 0.25) is 5.91 Å². The second-order valence-corrected chi connectivity index (χ2v) is 5.36. The SMILES string of the molecule is CC(C)C1C(=O)NCCN1C(=O)c1ccc(C(=O)O)cc1. The summed E-state index contributed by atoms with van der Waals surface area (Å²) in [4.78, 5) is 36.9. The average molecular weight is 290 g/mol. The lowest BCUT2D eigenvalue weighted by molar-refractivity contribution is -0.129. The fourth-order valence-electron chi connectivity index (χ4n) is 2.50. The molecular weight excluding hydrogens is 272 g/mol. The minimum atomic E-state index is -1.04. The van der Waals surface area contributed by atoms with Crippen LogP contribution in [0.3, 0.4) is 0 Å². The third kappa shape index (κ3) is 3.04. The number of piperazine rings is 1. The van der Waals surface area contributed by atoms with Crippen molar-refractivity contribution in [3.05, 3.63) is 35.4 Å². The zero-order valence-electron chi connectivity index (χ0n) is 12.0. The highest BCUT2D eigenvalue weighted by Crippen LogP contribution is 2.18. The van der Waals surface area contributed by atoms with E-state index in [2.05, 4.69) is 5.32 Å². The van der Waals surface area contributed by atoms with Crippen LogP contribution in [0.15, 0.2) is 24.3 Å². The van der Waals surface area contributed by atoms with Crippen molar-refractivity contribution in [1.29, 1.82) is 0 Å². The predicted molar refractivity (Wildman–Crippen MR) is 76.1 cm³/mol. The van der Waals surface area contributed by atoms with Crippen LogP contribution in [0.4, 0.5) is 0 Å². The number of nitrogens with one attached hydrogen (secondary N) is 1. The van der Waals surface area contributed by atoms with Gasteiger partial charge in [0.1, 0.15) is 6.04 Å². The molecule has 21 heavy (non-hydrogen) atoms. The minimum absolute atomic E-state index is 0.00698. The zero-order chi connectivity index (χ0) is 15.6. The van der Waals surface area contributed by atoms with Crippen molar-refractivity contribution in [3.8, 4) is 0 Å². The molecule has 112 valence electrons. The monoisotopic (exact) mass is 290 g/mol. The van der Waals surface area contributed by atoms with Crippen LogP contribution in [0.25, 0.3) is 0 Å². The van der Waals surface area contributed by atoms with Gasteiger partial charge in [-0.2, -0.15) is 0 Å². The first-order valence-corrected chi connectivity index (χ1v) is 6.84. The fourth-order valence-corrected chi connectivity index (χ4v) is 2.50. The number of aromatic carboxylic acids is 1. The molecule has 1 atom stereocenters. The Kier molecular flexibility index (Phi) is 4.26. The van der Waals surface area contributed by atoms with Gasteiger partial charge < -0.3 is 15.3 Å². The summed E-state index contributed by atoms with van der Waals surface area (Å²) < 4.78 is 0. The van der Waals surface area contributed by atoms with Crippen molar-refractivity contribution < 1.29 is 19.5 Å². The number of amides is 2. The molecule has 1 saturated heterocycles. The van der Waals surface area contributed by atoms with Gasteiger partial charge in [0.15, 0.2) is 0 Å². The number of carboxylic acids is 1. The predicted octanol–water partition coefficient (Wildman–Crippen LogP) is 0.981. The molecule has 0 bridgehead atoms. The summed E-state index contributed by atoms with van der Waals surface area (Å²) in [6.45, 7) is 4.67. The van der Waals surface area contributed by atoms with E-state index in [4.69, 9.17) is 5.11 Å². The van der Waals surface area contributed by atoms with Gasteiger partial charge in [-0.05, 0) is 30.2 Å². The number of carbonyl (C=O) groups is 3. The highest BCUT2D eigenvalue weighted by atomic mass is 16.4. The Bertz CT molecular complexity index is 566. The van der Waals surface area contributed by atoms with E-state index in [9.17, 15) is 14.4 Å². The van der Waals surface area contributed by atoms with Crippen molar-refractivity contribution >= 4 is 17.8 Å². The number of carbonyl (C=O) groups excluding carboxylic acids is 2. The van der Waals surface area contributed by atoms with Crippen LogP contribution in [0.2, 0.25) is 0 Å². The van der Waals surface area contributed by atoms with Gasteiger partial charge in [0.05, 0.1) is 5.56 Å². The fraction of sp³-hybridized carbons (Fsp3) is 0.400. The molecule has 2 amide bonds. The van der Waals surface area contributed by atoms with Crippen molar-refractivity contribution in [3.63, 3.8) is 0 Å². The number of hydrogen-bond donors (Lipinski definition) is 2. The first-order chi connectivity index (χ1) is 9.91. The van der Waals surface area contributed by atoms with Crippen molar-refractivity contribution in [2.75, 3.05) is 13.1 Å². The second-order valence-electron chi connectivity index (χ2n) is 5.36. The standard InChI is InChI=1S/C15H18N2O4/c1-9(2)12-13(18)16-7-8-17(12)14(19)10-3-5-11(6-4-10)15(20)21/h3-6,9,12H,7-8H2,1-2H3,(H,16,18)(H,20,21). The number of benzene rings is 1. The molecular formula is C15H18N2O4. The lowest BCUT2D eigenvalue weighted by Gasteiger charge is -2.37. The maximum absolute atomic E-state index is 12.5. The highest BCUT2D eigenvalue weighted by molar-refractivity contribution is 5.99. The van der Waals surface area contributed by atoms with E-state index in [1.54, 1.807) is 4.90 Å². The maximum atomic E-state index is 12.5. The number of hydrogen-bond acceptors (Lipinski definition) is 3. The summed E-state index contributed by atoms with van der Waals surface area (Å²) in [5, 5.41) is 11.6. The summed E-state index contributed by atoms with van der Waals surface area (Å²) in [6.07, 6.45) is 0. The molecule has 1 heterocycles. The Labute approximate surface area is 122 Å². The van der Waals surface area contributed by atoms with Gasteiger partial charge in [-0.1, -0.05) is 13.8 Å². The summed E-state index contributed by atoms with van der Waals surface area (Å²) in [7, 11) is 0. The van der Waals surface area contributed by atoms with E-state index in [0.29, 0.717) is 18.7 Å². The van der Waals surface area contributed by atoms with Crippen LogP contribution < -0.4 is 5.32 Å². The summed E-state index contributed by atoms with van der Waals surface area (Å²) in [5.41, 5.74) is 0.517. The molecule has 0 aliphatic carbocycles. The molecule has 1 unspecified atom stereocenters. The van der Waals surface area contributed by atoms with Gasteiger partial charge in [-0.3, -0.25) is 9.59 Å². The van der Waals surface area contributed by atoms with E-state index in [0.717, 1.165) is 0 Å². The van der Waals surface area contributed by atoms with Crippen molar-refractivity contribution in [1.82, 2.24) is 10.2 Å². The normalized spacial score (nSPS) is 18.5. The smallest absolute Gasteiger partial charge is 0.335 e. The summed E-state index contributed by atoms with van der Waals surface area (Å²) in [6, 6.07) is 5.25. The van der Waals surface area contributed by atoms with Gasteiger partial charge in [-0.15, -0.1) is 0 Å². The number of nitrogens with zero attached hydrogens (tertiary/aromatic N) is 1. The molecule has 1 fully saturated rings. The maximum Gasteiger partial charge on any atom is 0.335 e. The summed E-state index contributed by atoms with van der Waals surface area (Å²) in [5.74, 6) is -1.42. The molecule has 6 nitrogen and oxygen atoms in total. The molecule has 0 radical (unpaired) electrons. The third-order valence-corrected chi connectivity index (χ3v) is 3.53. The Morgan fingerprint density at radius 3 is 2.33 bits per heavy atom. The van der Waals surface area contributed by atoms with Crippen LogP contribution >= 0.6 is 0 Å². The van der Waals surface area contributed by atoms with Gasteiger partial charge in [0.25, 0.3) is 5.91 Å². The lowest BCUT2D eigenvalue weighted by atomic mass is 9.98. The molecule has 1 aliphatic heterocycles. The second kappa shape index (κ2) is 5.95. The minimum Gasteiger partial charge on any atom is -0.478 e. The first-order valence-electron chi connectivity index (χ1n) is 6.84. The van der Waals surface area contributed by atoms with Crippen LogP contribution in [0, 0.1) is 5.92 Å². The summed E-state index contributed by atoms with van der Waals surface area (Å²) >= 11 is 0. The van der Waals surface area contributed by atoms with Crippen LogP contribution in [-0.2, 0) is 4.79 Å². The van der Waals surface area contributed by atoms with Gasteiger partial charge >= 0.3 is 5.97 Å². The topological polar surface area (TPSA) is 86.7 Å². The zero-order valence-corrected chi connectivity index (χ0v) is 12.0. The Morgan fingerprint density at radius 2 is 1.81 bits per heavy atom. The van der Waals surface area contributed by atoms with E-state index in [-0.39, 0.29) is 23.3 Å². The molecule has 6 heteroatoms. The van der Waals surface area contributed by atoms with Crippen molar-refractivity contribution in [2.24, 2.45) is 5.92 Å². The first kappa shape index (κ1) is 15.0. The Hall–Kier alpha value is -2.37. The van der Waals surface area contributed by atoms with E-state index in [1.165, 1.54) is 24.3 Å². The lowest BCUT2D eigenvalue weighted by Crippen LogP contribution is -2.59. The molecule has 2 N–H and O–H groups in total. The molecule has 1 aromatic rings. The van der Waals surface area contributed by atoms with Crippen LogP contribution in [0.5, 0.6) is 0 Å². The quantitative estimate of drug-likeness (QED) is 0.869. The third-order valence-electron chi connectivity index (χ3n) is 3.53. The van der Waals surface area contributed by atoms with Crippen LogP contribution in [-0.4, -0.2) is 46.9 Å². The van der Waals surface area contributed by atoms with Gasteiger partial charge in [0, 0.05) is 18.7 Å². The Morgan fingerprint density at radius 1 is 1.24 bits per heavy atom. The van der Waals surface area contributed by atoms with E-state index >= 15 is 0 Å².